The molecule has 98 valence electrons. The predicted molar refractivity (Wildman–Crippen MR) is 79.9 cm³/mol. The molecule has 0 radical (unpaired) electrons. The van der Waals surface area contributed by atoms with E-state index in [0.717, 1.165) is 17.0 Å². The van der Waals surface area contributed by atoms with Crippen molar-refractivity contribution >= 4 is 39.1 Å². The minimum atomic E-state index is -0.346. The van der Waals surface area contributed by atoms with E-state index in [1.165, 1.54) is 12.2 Å². The Kier molecular flexibility index (Phi) is 4.50. The van der Waals surface area contributed by atoms with Gasteiger partial charge in [-0.25, -0.2) is 0 Å². The van der Waals surface area contributed by atoms with Crippen LogP contribution in [0.1, 0.15) is 12.0 Å². The molecule has 2 rings (SSSR count). The lowest BCUT2D eigenvalue weighted by Gasteiger charge is -2.27. The number of hydrogen-bond acceptors (Lipinski definition) is 4. The van der Waals surface area contributed by atoms with Crippen molar-refractivity contribution < 1.29 is 4.92 Å². The van der Waals surface area contributed by atoms with E-state index in [9.17, 15) is 10.1 Å². The van der Waals surface area contributed by atoms with Crippen molar-refractivity contribution in [1.29, 1.82) is 0 Å². The smallest absolute Gasteiger partial charge is 0.269 e. The first-order valence-corrected chi connectivity index (χ1v) is 8.05. The lowest BCUT2D eigenvalue weighted by atomic mass is 10.1. The third-order valence-electron chi connectivity index (χ3n) is 3.25. The van der Waals surface area contributed by atoms with Gasteiger partial charge in [-0.2, -0.15) is 11.8 Å². The van der Waals surface area contributed by atoms with E-state index in [1.807, 2.05) is 17.8 Å². The van der Waals surface area contributed by atoms with Crippen LogP contribution in [0.4, 0.5) is 11.4 Å². The Morgan fingerprint density at radius 2 is 2.39 bits per heavy atom. The summed E-state index contributed by atoms with van der Waals surface area (Å²) in [7, 11) is 2.07. The molecule has 1 saturated heterocycles. The summed E-state index contributed by atoms with van der Waals surface area (Å²) in [6, 6.07) is 5.63. The molecule has 0 spiro atoms. The summed E-state index contributed by atoms with van der Waals surface area (Å²) in [5.41, 5.74) is 2.22. The van der Waals surface area contributed by atoms with E-state index in [0.29, 0.717) is 11.4 Å². The second kappa shape index (κ2) is 5.93. The van der Waals surface area contributed by atoms with E-state index < -0.39 is 0 Å². The number of non-ortho nitro benzene ring substituents is 1. The Bertz CT molecular complexity index is 450. The second-order valence-corrected chi connectivity index (χ2v) is 6.04. The molecule has 1 unspecified atom stereocenters. The minimum absolute atomic E-state index is 0.155. The maximum absolute atomic E-state index is 10.8. The Hall–Kier alpha value is -0.750. The van der Waals surface area contributed by atoms with E-state index >= 15 is 0 Å². The van der Waals surface area contributed by atoms with Crippen LogP contribution in [0.25, 0.3) is 0 Å². The van der Waals surface area contributed by atoms with Gasteiger partial charge in [-0.15, -0.1) is 0 Å². The number of thioether (sulfide) groups is 1. The van der Waals surface area contributed by atoms with Gasteiger partial charge in [-0.1, -0.05) is 15.9 Å². The summed E-state index contributed by atoms with van der Waals surface area (Å²) in [4.78, 5) is 12.7. The van der Waals surface area contributed by atoms with Crippen LogP contribution in [0.2, 0.25) is 0 Å². The van der Waals surface area contributed by atoms with Gasteiger partial charge < -0.3 is 4.90 Å². The van der Waals surface area contributed by atoms with Gasteiger partial charge in [0.2, 0.25) is 0 Å². The molecule has 18 heavy (non-hydrogen) atoms. The third-order valence-corrected chi connectivity index (χ3v) is 5.00. The van der Waals surface area contributed by atoms with Gasteiger partial charge in [0.25, 0.3) is 5.69 Å². The van der Waals surface area contributed by atoms with Crippen LogP contribution < -0.4 is 4.90 Å². The molecule has 6 heteroatoms. The second-order valence-electron chi connectivity index (χ2n) is 4.33. The zero-order valence-electron chi connectivity index (χ0n) is 10.1. The van der Waals surface area contributed by atoms with Crippen molar-refractivity contribution in [3.05, 3.63) is 33.9 Å². The van der Waals surface area contributed by atoms with Crippen molar-refractivity contribution in [2.45, 2.75) is 17.8 Å². The third kappa shape index (κ3) is 2.80. The number of hydrogen-bond donors (Lipinski definition) is 0. The largest absolute Gasteiger partial charge is 0.370 e. The molecular weight excluding hydrogens is 316 g/mol. The van der Waals surface area contributed by atoms with Crippen LogP contribution in [0.3, 0.4) is 0 Å². The zero-order valence-corrected chi connectivity index (χ0v) is 12.5. The van der Waals surface area contributed by atoms with Gasteiger partial charge in [0.1, 0.15) is 0 Å². The van der Waals surface area contributed by atoms with Crippen LogP contribution >= 0.6 is 27.7 Å². The van der Waals surface area contributed by atoms with Gasteiger partial charge in [-0.3, -0.25) is 10.1 Å². The van der Waals surface area contributed by atoms with Crippen LogP contribution in [0.5, 0.6) is 0 Å². The normalized spacial score (nSPS) is 18.9. The van der Waals surface area contributed by atoms with Crippen LogP contribution in [0, 0.1) is 10.1 Å². The fraction of sp³-hybridized carbons (Fsp3) is 0.500. The molecule has 0 aromatic heterocycles. The number of nitro benzene ring substituents is 1. The first-order valence-electron chi connectivity index (χ1n) is 5.77. The van der Waals surface area contributed by atoms with Gasteiger partial charge in [0.05, 0.1) is 4.92 Å². The topological polar surface area (TPSA) is 46.4 Å². The lowest BCUT2D eigenvalue weighted by molar-refractivity contribution is -0.384. The SMILES string of the molecule is CN(c1ccc([N+](=O)[O-])cc1CBr)C1CCSC1. The molecule has 1 atom stereocenters. The lowest BCUT2D eigenvalue weighted by Crippen LogP contribution is -2.31. The van der Waals surface area contributed by atoms with Gasteiger partial charge >= 0.3 is 0 Å². The Labute approximate surface area is 119 Å². The molecule has 1 heterocycles. The first kappa shape index (κ1) is 13.7. The molecule has 0 saturated carbocycles. The highest BCUT2D eigenvalue weighted by Gasteiger charge is 2.22. The number of nitrogens with zero attached hydrogens (tertiary/aromatic N) is 2. The number of halogens is 1. The molecule has 1 aliphatic heterocycles. The van der Waals surface area contributed by atoms with E-state index in [-0.39, 0.29) is 10.6 Å². The zero-order chi connectivity index (χ0) is 13.1. The average Bonchev–Trinajstić information content (AvgIpc) is 2.90. The number of alkyl halides is 1. The number of rotatable bonds is 4. The van der Waals surface area contributed by atoms with Crippen molar-refractivity contribution in [2.24, 2.45) is 0 Å². The molecule has 0 N–H and O–H groups in total. The van der Waals surface area contributed by atoms with E-state index in [1.54, 1.807) is 12.1 Å². The molecule has 4 nitrogen and oxygen atoms in total. The Morgan fingerprint density at radius 1 is 1.61 bits per heavy atom. The summed E-state index contributed by atoms with van der Waals surface area (Å²) in [6.07, 6.45) is 1.18. The Morgan fingerprint density at radius 3 is 2.94 bits per heavy atom. The quantitative estimate of drug-likeness (QED) is 0.482. The fourth-order valence-electron chi connectivity index (χ4n) is 2.16. The molecule has 1 aromatic rings. The van der Waals surface area contributed by atoms with Gasteiger partial charge in [-0.05, 0) is 23.8 Å². The standard InChI is InChI=1S/C12H15BrN2O2S/c1-14(11-4-5-18-8-11)12-3-2-10(15(16)17)6-9(12)7-13/h2-3,6,11H,4-5,7-8H2,1H3. The van der Waals surface area contributed by atoms with Crippen LogP contribution in [-0.2, 0) is 5.33 Å². The highest BCUT2D eigenvalue weighted by atomic mass is 79.9. The molecule has 1 aliphatic rings. The maximum atomic E-state index is 10.8. The fourth-order valence-corrected chi connectivity index (χ4v) is 3.88. The maximum Gasteiger partial charge on any atom is 0.269 e. The summed E-state index contributed by atoms with van der Waals surface area (Å²) in [6.45, 7) is 0. The van der Waals surface area contributed by atoms with Gasteiger partial charge in [0.15, 0.2) is 0 Å². The molecule has 0 bridgehead atoms. The van der Waals surface area contributed by atoms with Crippen LogP contribution in [0.15, 0.2) is 18.2 Å². The summed E-state index contributed by atoms with van der Waals surface area (Å²) in [5, 5.41) is 11.4. The summed E-state index contributed by atoms with van der Waals surface area (Å²) in [5.74, 6) is 2.33. The first-order chi connectivity index (χ1) is 8.63. The van der Waals surface area contributed by atoms with Crippen molar-refractivity contribution in [2.75, 3.05) is 23.5 Å². The summed E-state index contributed by atoms with van der Waals surface area (Å²) >= 11 is 5.38. The number of anilines is 1. The monoisotopic (exact) mass is 330 g/mol. The van der Waals surface area contributed by atoms with Crippen molar-refractivity contribution in [1.82, 2.24) is 0 Å². The van der Waals surface area contributed by atoms with E-state index in [4.69, 9.17) is 0 Å². The highest BCUT2D eigenvalue weighted by Crippen LogP contribution is 2.31. The molecular formula is C12H15BrN2O2S. The minimum Gasteiger partial charge on any atom is -0.370 e. The number of nitro groups is 1. The van der Waals surface area contributed by atoms with Gasteiger partial charge in [0, 0.05) is 42.0 Å². The highest BCUT2D eigenvalue weighted by molar-refractivity contribution is 9.08. The Balaban J connectivity index is 2.28. The molecule has 0 amide bonds. The average molecular weight is 331 g/mol. The van der Waals surface area contributed by atoms with Crippen molar-refractivity contribution in [3.8, 4) is 0 Å². The molecule has 1 aromatic carbocycles. The predicted octanol–water partition coefficient (Wildman–Crippen LogP) is 3.43. The number of benzene rings is 1. The van der Waals surface area contributed by atoms with Crippen LogP contribution in [-0.4, -0.2) is 29.5 Å². The molecule has 1 fully saturated rings. The molecule has 0 aliphatic carbocycles. The van der Waals surface area contributed by atoms with Crippen molar-refractivity contribution in [3.63, 3.8) is 0 Å². The summed E-state index contributed by atoms with van der Waals surface area (Å²) < 4.78 is 0. The van der Waals surface area contributed by atoms with E-state index in [2.05, 4.69) is 27.9 Å².